The van der Waals surface area contributed by atoms with Crippen LogP contribution in [0.4, 0.5) is 0 Å². The number of carbonyl (C=O) groups is 1. The number of carbonyl (C=O) groups excluding carboxylic acids is 1. The minimum atomic E-state index is -0.0113. The summed E-state index contributed by atoms with van der Waals surface area (Å²) in [5, 5.41) is 6.53. The zero-order chi connectivity index (χ0) is 12.3. The molecule has 2 N–H and O–H groups in total. The Bertz CT molecular complexity index is 266. The smallest absolute Gasteiger partial charge is 0.227 e. The van der Waals surface area contributed by atoms with Crippen molar-refractivity contribution in [2.24, 2.45) is 11.8 Å². The van der Waals surface area contributed by atoms with Gasteiger partial charge in [0.05, 0.1) is 19.1 Å². The molecule has 0 aromatic heterocycles. The predicted octanol–water partition coefficient (Wildman–Crippen LogP) is 0.916. The van der Waals surface area contributed by atoms with E-state index in [0.29, 0.717) is 25.2 Å². The standard InChI is InChI=1S/C13H24N2O2/c1-3-6-14-12-8-17-7-11(12)13(16)15-9(2)10-4-5-10/h9-12,14H,3-8H2,1-2H3,(H,15,16). The number of nitrogens with one attached hydrogen (secondary N) is 2. The molecule has 1 saturated heterocycles. The van der Waals surface area contributed by atoms with E-state index in [-0.39, 0.29) is 17.9 Å². The predicted molar refractivity (Wildman–Crippen MR) is 66.7 cm³/mol. The summed E-state index contributed by atoms with van der Waals surface area (Å²) in [6.07, 6.45) is 3.61. The number of amides is 1. The molecule has 3 unspecified atom stereocenters. The van der Waals surface area contributed by atoms with Crippen LogP contribution >= 0.6 is 0 Å². The maximum absolute atomic E-state index is 12.1. The van der Waals surface area contributed by atoms with Gasteiger partial charge in [-0.15, -0.1) is 0 Å². The summed E-state index contributed by atoms with van der Waals surface area (Å²) in [7, 11) is 0. The minimum absolute atomic E-state index is 0.0113. The summed E-state index contributed by atoms with van der Waals surface area (Å²) in [5.41, 5.74) is 0. The topological polar surface area (TPSA) is 50.4 Å². The van der Waals surface area contributed by atoms with E-state index in [1.165, 1.54) is 12.8 Å². The zero-order valence-electron chi connectivity index (χ0n) is 10.9. The van der Waals surface area contributed by atoms with Crippen LogP contribution in [0.25, 0.3) is 0 Å². The van der Waals surface area contributed by atoms with Gasteiger partial charge in [0, 0.05) is 12.1 Å². The molecule has 2 rings (SSSR count). The van der Waals surface area contributed by atoms with E-state index in [1.54, 1.807) is 0 Å². The molecule has 2 aliphatic rings. The van der Waals surface area contributed by atoms with Gasteiger partial charge >= 0.3 is 0 Å². The summed E-state index contributed by atoms with van der Waals surface area (Å²) in [4.78, 5) is 12.1. The highest BCUT2D eigenvalue weighted by Gasteiger charge is 2.36. The average molecular weight is 240 g/mol. The van der Waals surface area contributed by atoms with E-state index >= 15 is 0 Å². The lowest BCUT2D eigenvalue weighted by Crippen LogP contribution is -2.46. The number of hydrogen-bond donors (Lipinski definition) is 2. The molecule has 17 heavy (non-hydrogen) atoms. The molecule has 3 atom stereocenters. The molecule has 1 aliphatic heterocycles. The van der Waals surface area contributed by atoms with Gasteiger partial charge in [-0.2, -0.15) is 0 Å². The molecule has 2 fully saturated rings. The van der Waals surface area contributed by atoms with Crippen LogP contribution in [0.3, 0.4) is 0 Å². The average Bonchev–Trinajstić information content (AvgIpc) is 3.05. The maximum Gasteiger partial charge on any atom is 0.227 e. The normalized spacial score (nSPS) is 30.2. The van der Waals surface area contributed by atoms with Crippen LogP contribution in [0.5, 0.6) is 0 Å². The van der Waals surface area contributed by atoms with E-state index in [0.717, 1.165) is 13.0 Å². The molecule has 0 aromatic rings. The number of ether oxygens (including phenoxy) is 1. The second-order valence-electron chi connectivity index (χ2n) is 5.34. The van der Waals surface area contributed by atoms with E-state index < -0.39 is 0 Å². The molecule has 1 heterocycles. The lowest BCUT2D eigenvalue weighted by Gasteiger charge is -2.21. The summed E-state index contributed by atoms with van der Waals surface area (Å²) < 4.78 is 5.42. The van der Waals surface area contributed by atoms with Gasteiger partial charge < -0.3 is 15.4 Å². The molecule has 98 valence electrons. The fourth-order valence-electron chi connectivity index (χ4n) is 2.39. The van der Waals surface area contributed by atoms with Crippen molar-refractivity contribution in [2.45, 2.75) is 45.2 Å². The third kappa shape index (κ3) is 3.42. The highest BCUT2D eigenvalue weighted by molar-refractivity contribution is 5.80. The number of rotatable bonds is 6. The van der Waals surface area contributed by atoms with Crippen molar-refractivity contribution in [3.63, 3.8) is 0 Å². The largest absolute Gasteiger partial charge is 0.379 e. The van der Waals surface area contributed by atoms with Crippen molar-refractivity contribution in [1.29, 1.82) is 0 Å². The Morgan fingerprint density at radius 1 is 1.41 bits per heavy atom. The molecule has 0 spiro atoms. The van der Waals surface area contributed by atoms with Crippen LogP contribution in [0, 0.1) is 11.8 Å². The Hall–Kier alpha value is -0.610. The zero-order valence-corrected chi connectivity index (χ0v) is 10.9. The molecule has 0 bridgehead atoms. The van der Waals surface area contributed by atoms with Gasteiger partial charge in [-0.05, 0) is 38.6 Å². The van der Waals surface area contributed by atoms with Crippen LogP contribution in [0.2, 0.25) is 0 Å². The van der Waals surface area contributed by atoms with Crippen molar-refractivity contribution in [3.05, 3.63) is 0 Å². The van der Waals surface area contributed by atoms with Crippen LogP contribution in [-0.2, 0) is 9.53 Å². The highest BCUT2D eigenvalue weighted by atomic mass is 16.5. The summed E-state index contributed by atoms with van der Waals surface area (Å²) in [6.45, 7) is 6.42. The maximum atomic E-state index is 12.1. The number of hydrogen-bond acceptors (Lipinski definition) is 3. The minimum Gasteiger partial charge on any atom is -0.379 e. The van der Waals surface area contributed by atoms with Crippen molar-refractivity contribution in [3.8, 4) is 0 Å². The first kappa shape index (κ1) is 12.8. The van der Waals surface area contributed by atoms with Gasteiger partial charge in [0.25, 0.3) is 0 Å². The lowest BCUT2D eigenvalue weighted by atomic mass is 10.0. The molecule has 4 nitrogen and oxygen atoms in total. The third-order valence-corrected chi connectivity index (χ3v) is 3.77. The van der Waals surface area contributed by atoms with Gasteiger partial charge in [-0.3, -0.25) is 4.79 Å². The summed E-state index contributed by atoms with van der Waals surface area (Å²) in [5.74, 6) is 0.863. The quantitative estimate of drug-likeness (QED) is 0.726. The summed E-state index contributed by atoms with van der Waals surface area (Å²) in [6, 6.07) is 0.524. The first-order chi connectivity index (χ1) is 8.22. The van der Waals surface area contributed by atoms with Crippen molar-refractivity contribution < 1.29 is 9.53 Å². The summed E-state index contributed by atoms with van der Waals surface area (Å²) >= 11 is 0. The van der Waals surface area contributed by atoms with Crippen molar-refractivity contribution in [2.75, 3.05) is 19.8 Å². The second-order valence-corrected chi connectivity index (χ2v) is 5.34. The molecule has 0 aromatic carbocycles. The van der Waals surface area contributed by atoms with Gasteiger partial charge in [0.2, 0.25) is 5.91 Å². The molecular formula is C13H24N2O2. The van der Waals surface area contributed by atoms with Crippen LogP contribution < -0.4 is 10.6 Å². The highest BCUT2D eigenvalue weighted by Crippen LogP contribution is 2.32. The molecule has 4 heteroatoms. The molecule has 1 saturated carbocycles. The Morgan fingerprint density at radius 2 is 2.18 bits per heavy atom. The first-order valence-corrected chi connectivity index (χ1v) is 6.84. The first-order valence-electron chi connectivity index (χ1n) is 6.84. The Balaban J connectivity index is 1.79. The Labute approximate surface area is 103 Å². The molecular weight excluding hydrogens is 216 g/mol. The van der Waals surface area contributed by atoms with E-state index in [4.69, 9.17) is 4.74 Å². The molecule has 1 amide bonds. The van der Waals surface area contributed by atoms with Gasteiger partial charge in [-0.25, -0.2) is 0 Å². The van der Waals surface area contributed by atoms with Crippen LogP contribution in [-0.4, -0.2) is 37.7 Å². The van der Waals surface area contributed by atoms with Gasteiger partial charge in [-0.1, -0.05) is 6.92 Å². The Morgan fingerprint density at radius 3 is 2.82 bits per heavy atom. The van der Waals surface area contributed by atoms with Gasteiger partial charge in [0.15, 0.2) is 0 Å². The Kier molecular flexibility index (Phi) is 4.40. The molecule has 0 radical (unpaired) electrons. The lowest BCUT2D eigenvalue weighted by molar-refractivity contribution is -0.126. The van der Waals surface area contributed by atoms with E-state index in [9.17, 15) is 4.79 Å². The van der Waals surface area contributed by atoms with Crippen molar-refractivity contribution >= 4 is 5.91 Å². The monoisotopic (exact) mass is 240 g/mol. The van der Waals surface area contributed by atoms with E-state index in [1.807, 2.05) is 0 Å². The SMILES string of the molecule is CCCNC1COCC1C(=O)NC(C)C1CC1. The van der Waals surface area contributed by atoms with E-state index in [2.05, 4.69) is 24.5 Å². The third-order valence-electron chi connectivity index (χ3n) is 3.77. The molecule has 1 aliphatic carbocycles. The fraction of sp³-hybridized carbons (Fsp3) is 0.923. The van der Waals surface area contributed by atoms with Crippen LogP contribution in [0.1, 0.15) is 33.1 Å². The van der Waals surface area contributed by atoms with Crippen LogP contribution in [0.15, 0.2) is 0 Å². The second kappa shape index (κ2) is 5.83. The fourth-order valence-corrected chi connectivity index (χ4v) is 2.39. The van der Waals surface area contributed by atoms with Gasteiger partial charge in [0.1, 0.15) is 0 Å². The van der Waals surface area contributed by atoms with Crippen molar-refractivity contribution in [1.82, 2.24) is 10.6 Å².